The van der Waals surface area contributed by atoms with Crippen molar-refractivity contribution < 1.29 is 39.5 Å². The normalized spacial score (nSPS) is 21.4. The molecule has 1 amide bonds. The lowest BCUT2D eigenvalue weighted by Gasteiger charge is -2.16. The number of nitrogens with one attached hydrogen (secondary N) is 2. The molecule has 18 heteroatoms. The van der Waals surface area contributed by atoms with Crippen molar-refractivity contribution in [1.29, 1.82) is 0 Å². The molecule has 36 heavy (non-hydrogen) atoms. The Balaban J connectivity index is 1.55. The van der Waals surface area contributed by atoms with Crippen LogP contribution in [0.25, 0.3) is 0 Å². The van der Waals surface area contributed by atoms with E-state index in [1.54, 1.807) is 0 Å². The van der Waals surface area contributed by atoms with E-state index in [4.69, 9.17) is 9.57 Å². The molecular weight excluding hydrogens is 492 g/mol. The van der Waals surface area contributed by atoms with E-state index < -0.39 is 80.8 Å². The number of ether oxygens (including phenoxy) is 1. The number of phenolic OH excluding ortho intramolecular Hbond substituents is 1. The molecule has 1 aromatic heterocycles. The fourth-order valence-electron chi connectivity index (χ4n) is 3.18. The molecule has 192 valence electrons. The van der Waals surface area contributed by atoms with E-state index in [0.717, 1.165) is 29.1 Å². The Morgan fingerprint density at radius 3 is 2.61 bits per heavy atom. The first-order chi connectivity index (χ1) is 17.0. The molecule has 1 aliphatic rings. The standard InChI is InChI=1S/C18H18N6O12/c25-12-1-2-22(18(30)21-12)17-16(29)15(28)11(36-17)6-19-13(26)7-35-20-5-8-3-9(23(31)32)4-10(14(8)27)24(33)34/h1-5,11,15-17,27-29H,6-7H2,(H,19,26)(H,21,25,30)/t11-,15-,16-,17-/m1/s1. The number of aliphatic hydroxyl groups excluding tert-OH is 2. The van der Waals surface area contributed by atoms with Crippen molar-refractivity contribution in [3.05, 3.63) is 71.0 Å². The molecule has 1 aromatic carbocycles. The number of H-pyrrole nitrogens is 1. The van der Waals surface area contributed by atoms with Crippen LogP contribution in [-0.4, -0.2) is 78.3 Å². The van der Waals surface area contributed by atoms with Gasteiger partial charge in [-0.2, -0.15) is 0 Å². The summed E-state index contributed by atoms with van der Waals surface area (Å²) in [5.41, 5.74) is -3.57. The fraction of sp³-hybridized carbons (Fsp3) is 0.333. The molecule has 4 atom stereocenters. The number of aromatic hydroxyl groups is 1. The Labute approximate surface area is 198 Å². The number of aromatic amines is 1. The number of nitro groups is 2. The minimum Gasteiger partial charge on any atom is -0.502 e. The van der Waals surface area contributed by atoms with Gasteiger partial charge in [0.15, 0.2) is 12.8 Å². The van der Waals surface area contributed by atoms with Crippen molar-refractivity contribution in [1.82, 2.24) is 14.9 Å². The highest BCUT2D eigenvalue weighted by molar-refractivity contribution is 5.87. The van der Waals surface area contributed by atoms with E-state index >= 15 is 0 Å². The molecule has 3 rings (SSSR count). The predicted molar refractivity (Wildman–Crippen MR) is 115 cm³/mol. The molecule has 1 saturated heterocycles. The Morgan fingerprint density at radius 2 is 1.97 bits per heavy atom. The third-order valence-electron chi connectivity index (χ3n) is 4.94. The summed E-state index contributed by atoms with van der Waals surface area (Å²) < 4.78 is 6.28. The summed E-state index contributed by atoms with van der Waals surface area (Å²) in [6, 6.07) is 2.39. The number of aromatic nitrogens is 2. The zero-order valence-corrected chi connectivity index (χ0v) is 17.9. The van der Waals surface area contributed by atoms with Gasteiger partial charge in [-0.3, -0.25) is 39.4 Å². The highest BCUT2D eigenvalue weighted by Crippen LogP contribution is 2.33. The van der Waals surface area contributed by atoms with Crippen LogP contribution < -0.4 is 16.6 Å². The molecule has 2 aromatic rings. The van der Waals surface area contributed by atoms with Crippen LogP contribution >= 0.6 is 0 Å². The topological polar surface area (TPSA) is 262 Å². The summed E-state index contributed by atoms with van der Waals surface area (Å²) in [6.07, 6.45) is -3.72. The molecule has 0 saturated carbocycles. The molecule has 0 bridgehead atoms. The van der Waals surface area contributed by atoms with Crippen molar-refractivity contribution in [2.24, 2.45) is 5.16 Å². The summed E-state index contributed by atoms with van der Waals surface area (Å²) >= 11 is 0. The number of benzene rings is 1. The van der Waals surface area contributed by atoms with Gasteiger partial charge in [-0.1, -0.05) is 5.16 Å². The molecular formula is C18H18N6O12. The second-order valence-corrected chi connectivity index (χ2v) is 7.29. The molecule has 1 fully saturated rings. The van der Waals surface area contributed by atoms with Crippen LogP contribution in [0.2, 0.25) is 0 Å². The van der Waals surface area contributed by atoms with Crippen LogP contribution in [0.5, 0.6) is 5.75 Å². The van der Waals surface area contributed by atoms with Crippen molar-refractivity contribution in [2.75, 3.05) is 13.2 Å². The fourth-order valence-corrected chi connectivity index (χ4v) is 3.18. The molecule has 1 aliphatic heterocycles. The first kappa shape index (κ1) is 25.9. The number of carbonyl (C=O) groups is 1. The van der Waals surface area contributed by atoms with E-state index in [9.17, 15) is 49.9 Å². The largest absolute Gasteiger partial charge is 0.502 e. The van der Waals surface area contributed by atoms with Gasteiger partial charge in [0.25, 0.3) is 17.2 Å². The van der Waals surface area contributed by atoms with Gasteiger partial charge in [0, 0.05) is 24.9 Å². The lowest BCUT2D eigenvalue weighted by atomic mass is 10.1. The third-order valence-corrected chi connectivity index (χ3v) is 4.94. The van der Waals surface area contributed by atoms with Crippen LogP contribution in [0.3, 0.4) is 0 Å². The van der Waals surface area contributed by atoms with E-state index in [0.29, 0.717) is 6.07 Å². The Bertz CT molecular complexity index is 1320. The summed E-state index contributed by atoms with van der Waals surface area (Å²) in [4.78, 5) is 61.6. The summed E-state index contributed by atoms with van der Waals surface area (Å²) in [6.45, 7) is -1.03. The Hall–Kier alpha value is -4.68. The summed E-state index contributed by atoms with van der Waals surface area (Å²) in [7, 11) is 0. The van der Waals surface area contributed by atoms with Crippen molar-refractivity contribution in [3.8, 4) is 5.75 Å². The zero-order chi connectivity index (χ0) is 26.6. The van der Waals surface area contributed by atoms with Crippen LogP contribution in [-0.2, 0) is 14.4 Å². The van der Waals surface area contributed by atoms with Crippen molar-refractivity contribution in [2.45, 2.75) is 24.5 Å². The van der Waals surface area contributed by atoms with Crippen LogP contribution in [0.15, 0.2) is 39.1 Å². The smallest absolute Gasteiger partial charge is 0.330 e. The maximum atomic E-state index is 12.0. The lowest BCUT2D eigenvalue weighted by molar-refractivity contribution is -0.394. The number of rotatable bonds is 9. The average Bonchev–Trinajstić information content (AvgIpc) is 3.09. The average molecular weight is 510 g/mol. The minimum atomic E-state index is -1.55. The highest BCUT2D eigenvalue weighted by Gasteiger charge is 2.44. The predicted octanol–water partition coefficient (Wildman–Crippen LogP) is -2.16. The Morgan fingerprint density at radius 1 is 1.25 bits per heavy atom. The first-order valence-corrected chi connectivity index (χ1v) is 9.90. The lowest BCUT2D eigenvalue weighted by Crippen LogP contribution is -2.41. The van der Waals surface area contributed by atoms with Gasteiger partial charge in [0.1, 0.15) is 18.3 Å². The van der Waals surface area contributed by atoms with E-state index in [-0.39, 0.29) is 6.54 Å². The molecule has 18 nitrogen and oxygen atoms in total. The molecule has 0 spiro atoms. The van der Waals surface area contributed by atoms with Gasteiger partial charge in [-0.15, -0.1) is 0 Å². The second-order valence-electron chi connectivity index (χ2n) is 7.29. The number of oxime groups is 1. The number of hydrogen-bond donors (Lipinski definition) is 5. The van der Waals surface area contributed by atoms with Gasteiger partial charge in [0.05, 0.1) is 27.7 Å². The number of phenols is 1. The first-order valence-electron chi connectivity index (χ1n) is 9.90. The Kier molecular flexibility index (Phi) is 7.72. The number of carbonyl (C=O) groups excluding carboxylic acids is 1. The van der Waals surface area contributed by atoms with Crippen molar-refractivity contribution in [3.63, 3.8) is 0 Å². The molecule has 5 N–H and O–H groups in total. The summed E-state index contributed by atoms with van der Waals surface area (Å²) in [5.74, 6) is -1.68. The van der Waals surface area contributed by atoms with Gasteiger partial charge >= 0.3 is 11.4 Å². The number of non-ortho nitro benzene ring substituents is 1. The van der Waals surface area contributed by atoms with E-state index in [1.165, 1.54) is 0 Å². The maximum Gasteiger partial charge on any atom is 0.330 e. The van der Waals surface area contributed by atoms with Crippen molar-refractivity contribution >= 4 is 23.5 Å². The van der Waals surface area contributed by atoms with Gasteiger partial charge in [0.2, 0.25) is 5.75 Å². The maximum absolute atomic E-state index is 12.0. The van der Waals surface area contributed by atoms with E-state index in [2.05, 4.69) is 10.5 Å². The molecule has 0 unspecified atom stereocenters. The quantitative estimate of drug-likeness (QED) is 0.137. The number of nitro benzene ring substituents is 2. The molecule has 0 aliphatic carbocycles. The molecule has 2 heterocycles. The van der Waals surface area contributed by atoms with Crippen LogP contribution in [0.1, 0.15) is 11.8 Å². The van der Waals surface area contributed by atoms with Gasteiger partial charge in [-0.25, -0.2) is 4.79 Å². The van der Waals surface area contributed by atoms with Gasteiger partial charge in [-0.05, 0) is 0 Å². The number of nitrogens with zero attached hydrogens (tertiary/aromatic N) is 4. The minimum absolute atomic E-state index is 0.323. The highest BCUT2D eigenvalue weighted by atomic mass is 16.6. The summed E-state index contributed by atoms with van der Waals surface area (Å²) in [5, 5.41) is 57.7. The monoisotopic (exact) mass is 510 g/mol. The third kappa shape index (κ3) is 5.68. The SMILES string of the molecule is O=C(CON=Cc1cc([N+](=O)[O-])cc([N+](=O)[O-])c1O)NC[C@H]1O[C@@H](n2ccc(=O)[nH]c2=O)[C@H](O)[C@@H]1O. The van der Waals surface area contributed by atoms with Gasteiger partial charge < -0.3 is 30.2 Å². The second kappa shape index (κ2) is 10.7. The van der Waals surface area contributed by atoms with E-state index in [1.807, 2.05) is 4.98 Å². The van der Waals surface area contributed by atoms with Crippen LogP contribution in [0.4, 0.5) is 11.4 Å². The number of aliphatic hydroxyl groups is 2. The number of hydrogen-bond acceptors (Lipinski definition) is 13. The number of amides is 1. The zero-order valence-electron chi connectivity index (χ0n) is 17.9. The van der Waals surface area contributed by atoms with Crippen LogP contribution in [0, 0.1) is 20.2 Å². The molecule has 0 radical (unpaired) electrons.